The molecular formula is C22H26BrN3O6. The van der Waals surface area contributed by atoms with E-state index in [0.717, 1.165) is 11.3 Å². The fourth-order valence-electron chi connectivity index (χ4n) is 3.36. The van der Waals surface area contributed by atoms with Crippen LogP contribution in [0, 0.1) is 6.92 Å². The zero-order valence-corrected chi connectivity index (χ0v) is 19.9. The van der Waals surface area contributed by atoms with Crippen molar-refractivity contribution in [3.8, 4) is 11.5 Å². The first-order chi connectivity index (χ1) is 15.3. The number of hydrogen-bond donors (Lipinski definition) is 1. The van der Waals surface area contributed by atoms with Gasteiger partial charge in [-0.1, -0.05) is 0 Å². The normalized spacial score (nSPS) is 12.4. The molecule has 2 heterocycles. The summed E-state index contributed by atoms with van der Waals surface area (Å²) < 4.78 is 18.9. The molecule has 0 spiro atoms. The van der Waals surface area contributed by atoms with E-state index in [9.17, 15) is 14.4 Å². The number of methoxy groups -OCH3 is 1. The second kappa shape index (κ2) is 10.6. The Morgan fingerprint density at radius 3 is 2.72 bits per heavy atom. The van der Waals surface area contributed by atoms with E-state index in [-0.39, 0.29) is 24.6 Å². The van der Waals surface area contributed by atoms with E-state index in [1.54, 1.807) is 24.7 Å². The van der Waals surface area contributed by atoms with Crippen LogP contribution in [-0.4, -0.2) is 61.8 Å². The summed E-state index contributed by atoms with van der Waals surface area (Å²) in [6.07, 6.45) is 1.52. The minimum Gasteiger partial charge on any atom is -0.486 e. The van der Waals surface area contributed by atoms with Gasteiger partial charge in [0, 0.05) is 45.2 Å². The van der Waals surface area contributed by atoms with E-state index >= 15 is 0 Å². The predicted octanol–water partition coefficient (Wildman–Crippen LogP) is 1.73. The van der Waals surface area contributed by atoms with Gasteiger partial charge >= 0.3 is 0 Å². The number of nitrogens with one attached hydrogen (secondary N) is 1. The molecule has 172 valence electrons. The van der Waals surface area contributed by atoms with Crippen molar-refractivity contribution in [2.45, 2.75) is 20.0 Å². The first-order valence-corrected chi connectivity index (χ1v) is 10.9. The average molecular weight is 508 g/mol. The van der Waals surface area contributed by atoms with Gasteiger partial charge in [0.1, 0.15) is 25.3 Å². The van der Waals surface area contributed by atoms with Gasteiger partial charge in [0.25, 0.3) is 5.91 Å². The molecule has 0 saturated carbocycles. The standard InChI is InChI=1S/C22H26BrN3O6/c1-14-8-18(27)16(12-25(14)4-5-30-3)22(29)26(13-20(28)24-2)11-15-9-17(23)21-19(10-15)31-6-7-32-21/h8-10,12H,4-7,11,13H2,1-3H3,(H,24,28). The highest BCUT2D eigenvalue weighted by molar-refractivity contribution is 9.10. The lowest BCUT2D eigenvalue weighted by molar-refractivity contribution is -0.121. The molecule has 2 aromatic rings. The Bertz CT molecular complexity index is 1070. The Labute approximate surface area is 194 Å². The van der Waals surface area contributed by atoms with Crippen LogP contribution in [0.3, 0.4) is 0 Å². The lowest BCUT2D eigenvalue weighted by Crippen LogP contribution is -2.41. The number of fused-ring (bicyclic) bond motifs is 1. The number of halogens is 1. The summed E-state index contributed by atoms with van der Waals surface area (Å²) in [5.41, 5.74) is 1.04. The van der Waals surface area contributed by atoms with Crippen molar-refractivity contribution >= 4 is 27.7 Å². The number of carbonyl (C=O) groups is 2. The van der Waals surface area contributed by atoms with E-state index in [2.05, 4.69) is 21.2 Å². The van der Waals surface area contributed by atoms with Crippen molar-refractivity contribution in [1.82, 2.24) is 14.8 Å². The van der Waals surface area contributed by atoms with Gasteiger partial charge in [0.15, 0.2) is 16.9 Å². The average Bonchev–Trinajstić information content (AvgIpc) is 2.77. The lowest BCUT2D eigenvalue weighted by Gasteiger charge is -2.25. The zero-order valence-electron chi connectivity index (χ0n) is 18.3. The molecule has 9 nitrogen and oxygen atoms in total. The highest BCUT2D eigenvalue weighted by Crippen LogP contribution is 2.38. The van der Waals surface area contributed by atoms with E-state index in [1.807, 2.05) is 6.07 Å². The Kier molecular flexibility index (Phi) is 7.92. The van der Waals surface area contributed by atoms with E-state index in [1.165, 1.54) is 24.2 Å². The summed E-state index contributed by atoms with van der Waals surface area (Å²) in [6.45, 7) is 3.50. The summed E-state index contributed by atoms with van der Waals surface area (Å²) in [5, 5.41) is 2.53. The molecular weight excluding hydrogens is 482 g/mol. The first kappa shape index (κ1) is 23.8. The number of nitrogens with zero attached hydrogens (tertiary/aromatic N) is 2. The fourth-order valence-corrected chi connectivity index (χ4v) is 3.96. The van der Waals surface area contributed by atoms with Crippen molar-refractivity contribution in [2.24, 2.45) is 0 Å². The Balaban J connectivity index is 1.94. The molecule has 1 N–H and O–H groups in total. The molecule has 0 bridgehead atoms. The quantitative estimate of drug-likeness (QED) is 0.584. The van der Waals surface area contributed by atoms with Gasteiger partial charge in [-0.3, -0.25) is 14.4 Å². The molecule has 3 rings (SSSR count). The zero-order chi connectivity index (χ0) is 23.3. The molecule has 32 heavy (non-hydrogen) atoms. The molecule has 0 fully saturated rings. The number of amides is 2. The summed E-state index contributed by atoms with van der Waals surface area (Å²) in [6, 6.07) is 5.00. The van der Waals surface area contributed by atoms with Gasteiger partial charge in [0.05, 0.1) is 11.1 Å². The van der Waals surface area contributed by atoms with Crippen LogP contribution < -0.4 is 20.2 Å². The molecule has 1 aliphatic heterocycles. The van der Waals surface area contributed by atoms with Gasteiger partial charge in [-0.25, -0.2) is 0 Å². The number of rotatable bonds is 8. The Hall–Kier alpha value is -2.85. The maximum atomic E-state index is 13.4. The van der Waals surface area contributed by atoms with Gasteiger partial charge in [-0.2, -0.15) is 0 Å². The molecule has 0 unspecified atom stereocenters. The number of aromatic nitrogens is 1. The Morgan fingerprint density at radius 1 is 1.25 bits per heavy atom. The van der Waals surface area contributed by atoms with Gasteiger partial charge in [0.2, 0.25) is 5.91 Å². The smallest absolute Gasteiger partial charge is 0.260 e. The summed E-state index contributed by atoms with van der Waals surface area (Å²) in [5.74, 6) is 0.284. The van der Waals surface area contributed by atoms with Crippen LogP contribution in [0.15, 0.2) is 33.7 Å². The van der Waals surface area contributed by atoms with Crippen molar-refractivity contribution in [1.29, 1.82) is 0 Å². The first-order valence-electron chi connectivity index (χ1n) is 10.1. The molecule has 1 aromatic carbocycles. The highest BCUT2D eigenvalue weighted by atomic mass is 79.9. The molecule has 2 amide bonds. The highest BCUT2D eigenvalue weighted by Gasteiger charge is 2.24. The predicted molar refractivity (Wildman–Crippen MR) is 121 cm³/mol. The van der Waals surface area contributed by atoms with Crippen molar-refractivity contribution in [3.63, 3.8) is 0 Å². The van der Waals surface area contributed by atoms with Gasteiger partial charge in [-0.05, 0) is 40.5 Å². The monoisotopic (exact) mass is 507 g/mol. The van der Waals surface area contributed by atoms with Gasteiger partial charge < -0.3 is 29.0 Å². The number of pyridine rings is 1. The van der Waals surface area contributed by atoms with E-state index in [4.69, 9.17) is 14.2 Å². The third-order valence-electron chi connectivity index (χ3n) is 5.04. The number of carbonyl (C=O) groups excluding carboxylic acids is 2. The maximum Gasteiger partial charge on any atom is 0.260 e. The molecule has 0 saturated heterocycles. The van der Waals surface area contributed by atoms with Crippen LogP contribution in [0.2, 0.25) is 0 Å². The molecule has 0 aliphatic carbocycles. The van der Waals surface area contributed by atoms with Gasteiger partial charge in [-0.15, -0.1) is 0 Å². The summed E-state index contributed by atoms with van der Waals surface area (Å²) >= 11 is 3.47. The Morgan fingerprint density at radius 2 is 2.00 bits per heavy atom. The molecule has 1 aromatic heterocycles. The van der Waals surface area contributed by atoms with Crippen LogP contribution in [-0.2, 0) is 22.6 Å². The third kappa shape index (κ3) is 5.49. The largest absolute Gasteiger partial charge is 0.486 e. The van der Waals surface area contributed by atoms with Crippen LogP contribution >= 0.6 is 15.9 Å². The second-order valence-corrected chi connectivity index (χ2v) is 8.17. The minimum absolute atomic E-state index is 0.00721. The van der Waals surface area contributed by atoms with E-state index in [0.29, 0.717) is 42.3 Å². The molecule has 1 aliphatic rings. The van der Waals surface area contributed by atoms with Crippen molar-refractivity contribution < 1.29 is 23.8 Å². The van der Waals surface area contributed by atoms with Crippen molar-refractivity contribution in [3.05, 3.63) is 55.9 Å². The number of hydrogen-bond acceptors (Lipinski definition) is 6. The molecule has 0 radical (unpaired) electrons. The van der Waals surface area contributed by atoms with Crippen LogP contribution in [0.25, 0.3) is 0 Å². The third-order valence-corrected chi connectivity index (χ3v) is 5.63. The van der Waals surface area contributed by atoms with Crippen LogP contribution in [0.1, 0.15) is 21.6 Å². The second-order valence-electron chi connectivity index (χ2n) is 7.32. The molecule has 0 atom stereocenters. The lowest BCUT2D eigenvalue weighted by atomic mass is 10.1. The van der Waals surface area contributed by atoms with E-state index < -0.39 is 11.3 Å². The number of likely N-dealkylation sites (N-methyl/N-ethyl adjacent to an activating group) is 1. The van der Waals surface area contributed by atoms with Crippen LogP contribution in [0.5, 0.6) is 11.5 Å². The minimum atomic E-state index is -0.532. The SMILES string of the molecule is CNC(=O)CN(Cc1cc(Br)c2c(c1)OCCO2)C(=O)c1cn(CCOC)c(C)cc1=O. The topological polar surface area (TPSA) is 99.1 Å². The number of ether oxygens (including phenoxy) is 3. The summed E-state index contributed by atoms with van der Waals surface area (Å²) in [7, 11) is 3.08. The van der Waals surface area contributed by atoms with Crippen LogP contribution in [0.4, 0.5) is 0 Å². The fraction of sp³-hybridized carbons (Fsp3) is 0.409. The number of aryl methyl sites for hydroxylation is 1. The number of benzene rings is 1. The molecule has 10 heteroatoms. The maximum absolute atomic E-state index is 13.4. The summed E-state index contributed by atoms with van der Waals surface area (Å²) in [4.78, 5) is 39.5. The van der Waals surface area contributed by atoms with Crippen molar-refractivity contribution in [2.75, 3.05) is 40.5 Å².